The molecule has 10 nitrogen and oxygen atoms in total. The minimum Gasteiger partial charge on any atom is -0.479 e. The Labute approximate surface area is 219 Å². The molecule has 10 heteroatoms. The van der Waals surface area contributed by atoms with Gasteiger partial charge in [-0.3, -0.25) is 19.2 Å². The summed E-state index contributed by atoms with van der Waals surface area (Å²) in [5.41, 5.74) is -2.05. The average Bonchev–Trinajstić information content (AvgIpc) is 3.32. The Morgan fingerprint density at radius 1 is 1.03 bits per heavy atom. The first-order valence-electron chi connectivity index (χ1n) is 13.4. The molecule has 4 unspecified atom stereocenters. The van der Waals surface area contributed by atoms with Gasteiger partial charge in [-0.15, -0.1) is 6.58 Å². The molecule has 4 N–H and O–H groups in total. The number of carboxylic acid groups (broad SMARTS) is 1. The molecule has 0 aromatic carbocycles. The Hall–Kier alpha value is -2.91. The van der Waals surface area contributed by atoms with Gasteiger partial charge in [0, 0.05) is 19.4 Å². The van der Waals surface area contributed by atoms with Gasteiger partial charge in [0.15, 0.2) is 0 Å². The maximum Gasteiger partial charge on any atom is 0.330 e. The van der Waals surface area contributed by atoms with E-state index in [1.54, 1.807) is 0 Å². The number of hydrogen-bond acceptors (Lipinski definition) is 5. The van der Waals surface area contributed by atoms with Crippen molar-refractivity contribution >= 4 is 29.6 Å². The number of rotatable bonds is 9. The number of hydrogen-bond donors (Lipinski definition) is 4. The van der Waals surface area contributed by atoms with Crippen molar-refractivity contribution in [1.82, 2.24) is 20.9 Å². The lowest BCUT2D eigenvalue weighted by atomic mass is 9.82. The number of nitrogens with one attached hydrogen (secondary N) is 3. The molecule has 3 fully saturated rings. The van der Waals surface area contributed by atoms with Gasteiger partial charge in [-0.2, -0.15) is 0 Å². The van der Waals surface area contributed by atoms with Crippen molar-refractivity contribution in [3.63, 3.8) is 0 Å². The minimum atomic E-state index is -1.38. The topological polar surface area (TPSA) is 145 Å². The van der Waals surface area contributed by atoms with Crippen molar-refractivity contribution in [2.24, 2.45) is 17.3 Å². The second-order valence-corrected chi connectivity index (χ2v) is 11.9. The van der Waals surface area contributed by atoms with Crippen molar-refractivity contribution in [2.75, 3.05) is 6.54 Å². The molecule has 37 heavy (non-hydrogen) atoms. The summed E-state index contributed by atoms with van der Waals surface area (Å²) in [6.45, 7) is 10.9. The SMILES string of the molecule is C=CC1C[C@]1(NC(=O)C1CCCN1C(=O)C(NC(=O)C(NC(C)=O)C1CCCCC1)C(C)(C)C)C(=O)O. The average molecular weight is 519 g/mol. The van der Waals surface area contributed by atoms with E-state index in [9.17, 15) is 29.1 Å². The minimum absolute atomic E-state index is 0.00207. The molecule has 0 bridgehead atoms. The number of carboxylic acids is 1. The molecule has 3 rings (SSSR count). The molecule has 1 saturated heterocycles. The Balaban J connectivity index is 1.77. The van der Waals surface area contributed by atoms with Crippen LogP contribution in [-0.2, 0) is 24.0 Å². The largest absolute Gasteiger partial charge is 0.479 e. The molecule has 0 aromatic heterocycles. The molecule has 2 aliphatic carbocycles. The van der Waals surface area contributed by atoms with Gasteiger partial charge in [-0.25, -0.2) is 4.79 Å². The van der Waals surface area contributed by atoms with Crippen molar-refractivity contribution in [1.29, 1.82) is 0 Å². The molecule has 2 saturated carbocycles. The Bertz CT molecular complexity index is 938. The van der Waals surface area contributed by atoms with Crippen molar-refractivity contribution in [2.45, 2.75) is 103 Å². The fraction of sp³-hybridized carbons (Fsp3) is 0.741. The lowest BCUT2D eigenvalue weighted by Crippen LogP contribution is -2.61. The third-order valence-corrected chi connectivity index (χ3v) is 8.03. The molecule has 0 spiro atoms. The number of carbonyl (C=O) groups excluding carboxylic acids is 4. The van der Waals surface area contributed by atoms with Gasteiger partial charge in [-0.05, 0) is 43.4 Å². The Morgan fingerprint density at radius 3 is 2.19 bits per heavy atom. The maximum absolute atomic E-state index is 13.8. The zero-order valence-corrected chi connectivity index (χ0v) is 22.5. The van der Waals surface area contributed by atoms with Crippen LogP contribution in [0.2, 0.25) is 0 Å². The fourth-order valence-corrected chi connectivity index (χ4v) is 5.75. The summed E-state index contributed by atoms with van der Waals surface area (Å²) in [5.74, 6) is -3.06. The molecule has 0 aromatic rings. The van der Waals surface area contributed by atoms with Crippen molar-refractivity contribution in [3.05, 3.63) is 12.7 Å². The van der Waals surface area contributed by atoms with E-state index in [1.807, 2.05) is 20.8 Å². The summed E-state index contributed by atoms with van der Waals surface area (Å²) in [6, 6.07) is -2.47. The first-order chi connectivity index (χ1) is 17.3. The van der Waals surface area contributed by atoms with E-state index in [1.165, 1.54) is 17.9 Å². The Kier molecular flexibility index (Phi) is 8.70. The molecule has 206 valence electrons. The first kappa shape index (κ1) is 28.7. The zero-order chi connectivity index (χ0) is 27.5. The van der Waals surface area contributed by atoms with E-state index in [0.29, 0.717) is 19.4 Å². The van der Waals surface area contributed by atoms with E-state index >= 15 is 0 Å². The van der Waals surface area contributed by atoms with Gasteiger partial charge >= 0.3 is 5.97 Å². The van der Waals surface area contributed by atoms with Crippen LogP contribution in [0, 0.1) is 17.3 Å². The summed E-state index contributed by atoms with van der Waals surface area (Å²) in [6.07, 6.45) is 7.54. The standard InChI is InChI=1S/C27H42N4O6/c1-6-18-15-27(18,25(36)37)30-22(33)19-13-10-14-31(19)24(35)21(26(3,4)5)29-23(34)20(28-16(2)32)17-11-8-7-9-12-17/h6,17-21H,1,7-15H2,2-5H3,(H,28,32)(H,29,34)(H,30,33)(H,36,37)/t18?,19?,20?,21?,27-/m1/s1. The van der Waals surface area contributed by atoms with Crippen LogP contribution in [0.4, 0.5) is 0 Å². The highest BCUT2D eigenvalue weighted by Gasteiger charge is 2.61. The van der Waals surface area contributed by atoms with Crippen LogP contribution in [0.1, 0.15) is 79.1 Å². The number of aliphatic carboxylic acids is 1. The van der Waals surface area contributed by atoms with Gasteiger partial charge in [-0.1, -0.05) is 46.1 Å². The number of amides is 4. The summed E-state index contributed by atoms with van der Waals surface area (Å²) < 4.78 is 0. The van der Waals surface area contributed by atoms with Crippen LogP contribution in [0.3, 0.4) is 0 Å². The third kappa shape index (κ3) is 6.33. The van der Waals surface area contributed by atoms with E-state index in [0.717, 1.165) is 32.1 Å². The van der Waals surface area contributed by atoms with Crippen LogP contribution >= 0.6 is 0 Å². The predicted molar refractivity (Wildman–Crippen MR) is 137 cm³/mol. The summed E-state index contributed by atoms with van der Waals surface area (Å²) in [7, 11) is 0. The van der Waals surface area contributed by atoms with Crippen LogP contribution in [0.5, 0.6) is 0 Å². The lowest BCUT2D eigenvalue weighted by molar-refractivity contribution is -0.147. The number of likely N-dealkylation sites (tertiary alicyclic amines) is 1. The Morgan fingerprint density at radius 2 is 1.68 bits per heavy atom. The molecular formula is C27H42N4O6. The molecule has 0 radical (unpaired) electrons. The van der Waals surface area contributed by atoms with Crippen molar-refractivity contribution in [3.8, 4) is 0 Å². The smallest absolute Gasteiger partial charge is 0.330 e. The zero-order valence-electron chi connectivity index (χ0n) is 22.5. The molecule has 1 heterocycles. The summed E-state index contributed by atoms with van der Waals surface area (Å²) in [5, 5.41) is 18.0. The number of carbonyl (C=O) groups is 5. The van der Waals surface area contributed by atoms with Gasteiger partial charge in [0.1, 0.15) is 23.7 Å². The normalized spacial score (nSPS) is 27.5. The van der Waals surface area contributed by atoms with Crippen LogP contribution in [-0.4, -0.2) is 69.8 Å². The van der Waals surface area contributed by atoms with Gasteiger partial charge in [0.2, 0.25) is 23.6 Å². The first-order valence-corrected chi connectivity index (χ1v) is 13.4. The molecule has 5 atom stereocenters. The second-order valence-electron chi connectivity index (χ2n) is 11.9. The summed E-state index contributed by atoms with van der Waals surface area (Å²) in [4.78, 5) is 65.6. The van der Waals surface area contributed by atoms with E-state index in [-0.39, 0.29) is 30.1 Å². The van der Waals surface area contributed by atoms with Gasteiger partial charge < -0.3 is 26.0 Å². The quantitative estimate of drug-likeness (QED) is 0.342. The van der Waals surface area contributed by atoms with E-state index < -0.39 is 46.9 Å². The van der Waals surface area contributed by atoms with Crippen LogP contribution in [0.25, 0.3) is 0 Å². The van der Waals surface area contributed by atoms with Gasteiger partial charge in [0.05, 0.1) is 0 Å². The van der Waals surface area contributed by atoms with Crippen LogP contribution < -0.4 is 16.0 Å². The molecule has 4 amide bonds. The fourth-order valence-electron chi connectivity index (χ4n) is 5.75. The summed E-state index contributed by atoms with van der Waals surface area (Å²) >= 11 is 0. The highest BCUT2D eigenvalue weighted by atomic mass is 16.4. The molecular weight excluding hydrogens is 476 g/mol. The van der Waals surface area contributed by atoms with E-state index in [4.69, 9.17) is 0 Å². The number of nitrogens with zero attached hydrogens (tertiary/aromatic N) is 1. The highest BCUT2D eigenvalue weighted by molar-refractivity contribution is 5.97. The molecule has 1 aliphatic heterocycles. The van der Waals surface area contributed by atoms with Crippen molar-refractivity contribution < 1.29 is 29.1 Å². The highest BCUT2D eigenvalue weighted by Crippen LogP contribution is 2.45. The third-order valence-electron chi connectivity index (χ3n) is 8.03. The monoisotopic (exact) mass is 518 g/mol. The van der Waals surface area contributed by atoms with Gasteiger partial charge in [0.25, 0.3) is 0 Å². The predicted octanol–water partition coefficient (Wildman–Crippen LogP) is 1.74. The lowest BCUT2D eigenvalue weighted by Gasteiger charge is -2.37. The van der Waals surface area contributed by atoms with Crippen LogP contribution in [0.15, 0.2) is 12.7 Å². The second kappa shape index (κ2) is 11.2. The van der Waals surface area contributed by atoms with E-state index in [2.05, 4.69) is 22.5 Å². The maximum atomic E-state index is 13.8. The molecule has 3 aliphatic rings.